The fourth-order valence-corrected chi connectivity index (χ4v) is 5.26. The van der Waals surface area contributed by atoms with E-state index in [1.807, 2.05) is 77.5 Å². The summed E-state index contributed by atoms with van der Waals surface area (Å²) < 4.78 is 11.5. The van der Waals surface area contributed by atoms with Crippen LogP contribution < -0.4 is 20.3 Å². The van der Waals surface area contributed by atoms with E-state index in [2.05, 4.69) is 30.4 Å². The molecule has 12 heteroatoms. The molecule has 3 aromatic heterocycles. The van der Waals surface area contributed by atoms with Gasteiger partial charge in [-0.15, -0.1) is 0 Å². The number of aromatic nitrogens is 4. The van der Waals surface area contributed by atoms with Gasteiger partial charge in [-0.1, -0.05) is 26.0 Å². The number of furan rings is 1. The quantitative estimate of drug-likeness (QED) is 0.109. The number of rotatable bonds is 15. The number of hydrogen-bond acceptors (Lipinski definition) is 10. The van der Waals surface area contributed by atoms with Gasteiger partial charge in [0, 0.05) is 62.8 Å². The average Bonchev–Trinajstić information content (AvgIpc) is 3.69. The zero-order valence-corrected chi connectivity index (χ0v) is 27.9. The predicted molar refractivity (Wildman–Crippen MR) is 186 cm³/mol. The molecule has 248 valence electrons. The van der Waals surface area contributed by atoms with Gasteiger partial charge in [-0.2, -0.15) is 0 Å². The highest BCUT2D eigenvalue weighted by molar-refractivity contribution is 5.96. The van der Waals surface area contributed by atoms with Crippen LogP contribution >= 0.6 is 0 Å². The number of aliphatic hydroxyl groups excluding tert-OH is 1. The third-order valence-electron chi connectivity index (χ3n) is 7.69. The smallest absolute Gasteiger partial charge is 0.227 e. The zero-order chi connectivity index (χ0) is 33.5. The number of fused-ring (bicyclic) bond motifs is 1. The van der Waals surface area contributed by atoms with Crippen LogP contribution in [0.5, 0.6) is 5.75 Å². The fourth-order valence-electron chi connectivity index (χ4n) is 5.26. The van der Waals surface area contributed by atoms with Crippen LogP contribution in [0.4, 0.5) is 23.0 Å². The van der Waals surface area contributed by atoms with Crippen molar-refractivity contribution in [3.05, 3.63) is 60.7 Å². The van der Waals surface area contributed by atoms with Crippen molar-refractivity contribution in [1.82, 2.24) is 24.8 Å². The Morgan fingerprint density at radius 3 is 2.64 bits per heavy atom. The summed E-state index contributed by atoms with van der Waals surface area (Å²) in [6.45, 7) is 5.69. The molecule has 0 aliphatic rings. The van der Waals surface area contributed by atoms with Crippen molar-refractivity contribution in [2.24, 2.45) is 5.92 Å². The molecular weight excluding hydrogens is 596 g/mol. The first-order chi connectivity index (χ1) is 22.6. The van der Waals surface area contributed by atoms with E-state index in [0.29, 0.717) is 48.0 Å². The van der Waals surface area contributed by atoms with Crippen LogP contribution in [0, 0.1) is 5.92 Å². The van der Waals surface area contributed by atoms with Crippen molar-refractivity contribution in [3.63, 3.8) is 0 Å². The third kappa shape index (κ3) is 8.27. The van der Waals surface area contributed by atoms with Crippen molar-refractivity contribution >= 4 is 39.9 Å². The summed E-state index contributed by atoms with van der Waals surface area (Å²) in [7, 11) is 7.66. The molecule has 47 heavy (non-hydrogen) atoms. The second-order valence-electron chi connectivity index (χ2n) is 12.2. The second-order valence-corrected chi connectivity index (χ2v) is 12.2. The molecule has 0 atom stereocenters. The standard InChI is InChI=1S/C35H44N8O4/c1-22(2)18-32(45)37-26-20-27(30(46-6)21-28(26)43(5)15-14-42(3)4)39-35-36-13-11-25(38-35)34-33(40-31(41-34)8-7-16-44)24-10-9-23-12-17-47-29(23)19-24/h9-13,17,19-22,44H,7-8,14-16,18H2,1-6H3,(H,37,45)(H,40,41)(H,36,38,39). The molecule has 3 heterocycles. The topological polar surface area (TPSA) is 145 Å². The van der Waals surface area contributed by atoms with Crippen molar-refractivity contribution in [1.29, 1.82) is 0 Å². The molecule has 0 spiro atoms. The molecule has 0 aliphatic carbocycles. The number of H-pyrrole nitrogens is 1. The first kappa shape index (κ1) is 33.4. The fraction of sp³-hybridized carbons (Fsp3) is 0.371. The van der Waals surface area contributed by atoms with Crippen molar-refractivity contribution in [2.75, 3.05) is 63.5 Å². The molecule has 0 bridgehead atoms. The van der Waals surface area contributed by atoms with Gasteiger partial charge in [0.2, 0.25) is 11.9 Å². The normalized spacial score (nSPS) is 11.4. The first-order valence-electron chi connectivity index (χ1n) is 15.8. The van der Waals surface area contributed by atoms with Gasteiger partial charge >= 0.3 is 0 Å². The number of carbonyl (C=O) groups excluding carboxylic acids is 1. The number of aryl methyl sites for hydroxylation is 1. The van der Waals surface area contributed by atoms with Crippen LogP contribution in [-0.2, 0) is 11.2 Å². The first-order valence-corrected chi connectivity index (χ1v) is 15.8. The van der Waals surface area contributed by atoms with Crippen molar-refractivity contribution < 1.29 is 19.1 Å². The number of likely N-dealkylation sites (N-methyl/N-ethyl adjacent to an activating group) is 2. The van der Waals surface area contributed by atoms with Gasteiger partial charge in [0.05, 0.1) is 47.5 Å². The monoisotopic (exact) mass is 640 g/mol. The molecule has 4 N–H and O–H groups in total. The van der Waals surface area contributed by atoms with Gasteiger partial charge in [-0.05, 0) is 50.7 Å². The van der Waals surface area contributed by atoms with E-state index in [0.717, 1.165) is 52.5 Å². The summed E-state index contributed by atoms with van der Waals surface area (Å²) in [4.78, 5) is 34.8. The minimum Gasteiger partial charge on any atom is -0.494 e. The molecule has 0 radical (unpaired) electrons. The Morgan fingerprint density at radius 1 is 1.06 bits per heavy atom. The number of hydrogen-bond donors (Lipinski definition) is 4. The lowest BCUT2D eigenvalue weighted by molar-refractivity contribution is -0.116. The lowest BCUT2D eigenvalue weighted by Crippen LogP contribution is -2.29. The number of imidazole rings is 1. The van der Waals surface area contributed by atoms with Crippen LogP contribution in [0.15, 0.2) is 59.3 Å². The summed E-state index contributed by atoms with van der Waals surface area (Å²) in [5.41, 5.74) is 5.81. The number of carbonyl (C=O) groups is 1. The SMILES string of the molecule is COc1cc(N(C)CCN(C)C)c(NC(=O)CC(C)C)cc1Nc1nccc(-c2[nH]c(CCCO)nc2-c2ccc3ccoc3c2)n1. The van der Waals surface area contributed by atoms with Gasteiger partial charge in [0.15, 0.2) is 0 Å². The Kier molecular flexibility index (Phi) is 10.7. The maximum atomic E-state index is 12.9. The van der Waals surface area contributed by atoms with E-state index >= 15 is 0 Å². The van der Waals surface area contributed by atoms with Gasteiger partial charge < -0.3 is 39.7 Å². The molecular formula is C35H44N8O4. The summed E-state index contributed by atoms with van der Waals surface area (Å²) in [6, 6.07) is 13.5. The number of ether oxygens (including phenoxy) is 1. The predicted octanol–water partition coefficient (Wildman–Crippen LogP) is 5.94. The maximum absolute atomic E-state index is 12.9. The van der Waals surface area contributed by atoms with E-state index < -0.39 is 0 Å². The van der Waals surface area contributed by atoms with Crippen molar-refractivity contribution in [2.45, 2.75) is 33.1 Å². The highest BCUT2D eigenvalue weighted by atomic mass is 16.5. The molecule has 5 rings (SSSR count). The lowest BCUT2D eigenvalue weighted by atomic mass is 10.1. The molecule has 0 saturated carbocycles. The number of nitrogens with zero attached hydrogens (tertiary/aromatic N) is 5. The summed E-state index contributed by atoms with van der Waals surface area (Å²) >= 11 is 0. The molecule has 5 aromatic rings. The van der Waals surface area contributed by atoms with Crippen LogP contribution in [-0.4, -0.2) is 83.8 Å². The Labute approximate surface area is 275 Å². The molecule has 1 amide bonds. The van der Waals surface area contributed by atoms with Gasteiger partial charge in [0.1, 0.15) is 17.2 Å². The number of aliphatic hydroxyl groups is 1. The molecule has 0 aliphatic heterocycles. The maximum Gasteiger partial charge on any atom is 0.227 e. The average molecular weight is 641 g/mol. The number of aromatic amines is 1. The number of nitrogens with one attached hydrogen (secondary N) is 3. The number of benzene rings is 2. The largest absolute Gasteiger partial charge is 0.494 e. The summed E-state index contributed by atoms with van der Waals surface area (Å²) in [5, 5.41) is 16.9. The summed E-state index contributed by atoms with van der Waals surface area (Å²) in [5.74, 6) is 1.82. The Bertz CT molecular complexity index is 1810. The van der Waals surface area contributed by atoms with Crippen LogP contribution in [0.1, 0.15) is 32.5 Å². The Hall–Kier alpha value is -4.94. The van der Waals surface area contributed by atoms with E-state index in [4.69, 9.17) is 19.1 Å². The van der Waals surface area contributed by atoms with E-state index in [1.54, 1.807) is 19.6 Å². The highest BCUT2D eigenvalue weighted by Gasteiger charge is 2.20. The lowest BCUT2D eigenvalue weighted by Gasteiger charge is -2.26. The van der Waals surface area contributed by atoms with Gasteiger partial charge in [-0.3, -0.25) is 4.79 Å². The van der Waals surface area contributed by atoms with Gasteiger partial charge in [-0.25, -0.2) is 15.0 Å². The molecule has 0 saturated heterocycles. The third-order valence-corrected chi connectivity index (χ3v) is 7.69. The van der Waals surface area contributed by atoms with E-state index in [-0.39, 0.29) is 18.4 Å². The van der Waals surface area contributed by atoms with Crippen LogP contribution in [0.25, 0.3) is 33.6 Å². The molecule has 0 fully saturated rings. The van der Waals surface area contributed by atoms with Crippen molar-refractivity contribution in [3.8, 4) is 28.4 Å². The second kappa shape index (κ2) is 15.1. The van der Waals surface area contributed by atoms with Gasteiger partial charge in [0.25, 0.3) is 0 Å². The van der Waals surface area contributed by atoms with E-state index in [9.17, 15) is 9.90 Å². The van der Waals surface area contributed by atoms with Crippen LogP contribution in [0.2, 0.25) is 0 Å². The summed E-state index contributed by atoms with van der Waals surface area (Å²) in [6.07, 6.45) is 4.91. The molecule has 2 aromatic carbocycles. The van der Waals surface area contributed by atoms with Crippen LogP contribution in [0.3, 0.4) is 0 Å². The van der Waals surface area contributed by atoms with E-state index in [1.165, 1.54) is 0 Å². The number of methoxy groups -OCH3 is 1. The number of amides is 1. The zero-order valence-electron chi connectivity index (χ0n) is 27.9. The minimum absolute atomic E-state index is 0.0619. The Morgan fingerprint density at radius 2 is 1.89 bits per heavy atom. The molecule has 12 nitrogen and oxygen atoms in total. The molecule has 0 unspecified atom stereocenters. The Balaban J connectivity index is 1.51. The highest BCUT2D eigenvalue weighted by Crippen LogP contribution is 2.38. The minimum atomic E-state index is -0.0619. The number of anilines is 4.